The van der Waals surface area contributed by atoms with Crippen LogP contribution in [0.25, 0.3) is 0 Å². The molecule has 0 unspecified atom stereocenters. The van der Waals surface area contributed by atoms with Crippen molar-refractivity contribution in [2.75, 3.05) is 36.5 Å². The average Bonchev–Trinajstić information content (AvgIpc) is 3.45. The standard InChI is InChI=1S/C22H27N3O4S/c1-16-13-18(25-10-2-3-11-25)6-7-19(16)24-20(26)14-29-21(27)5-4-9-23-22(28)17-8-12-30-15-17/h6-8,12-13,15H,2-5,9-11,14H2,1H3,(H,23,28)(H,24,26). The Morgan fingerprint density at radius 1 is 1.17 bits per heavy atom. The van der Waals surface area contributed by atoms with Gasteiger partial charge in [0.2, 0.25) is 0 Å². The number of carbonyl (C=O) groups is 3. The highest BCUT2D eigenvalue weighted by Crippen LogP contribution is 2.25. The first-order chi connectivity index (χ1) is 14.5. The number of aryl methyl sites for hydroxylation is 1. The summed E-state index contributed by atoms with van der Waals surface area (Å²) < 4.78 is 5.03. The molecule has 1 aromatic heterocycles. The molecule has 0 spiro atoms. The Morgan fingerprint density at radius 2 is 1.97 bits per heavy atom. The van der Waals surface area contributed by atoms with Crippen molar-refractivity contribution in [3.8, 4) is 0 Å². The number of carbonyl (C=O) groups excluding carboxylic acids is 3. The van der Waals surface area contributed by atoms with Gasteiger partial charge in [0.05, 0.1) is 0 Å². The molecule has 1 aliphatic heterocycles. The van der Waals surface area contributed by atoms with Crippen LogP contribution < -0.4 is 15.5 Å². The van der Waals surface area contributed by atoms with Gasteiger partial charge in [-0.15, -0.1) is 0 Å². The van der Waals surface area contributed by atoms with Crippen molar-refractivity contribution in [3.05, 3.63) is 46.2 Å². The van der Waals surface area contributed by atoms with Gasteiger partial charge in [0.1, 0.15) is 0 Å². The molecule has 3 rings (SSSR count). The molecule has 2 heterocycles. The summed E-state index contributed by atoms with van der Waals surface area (Å²) in [6, 6.07) is 7.70. The largest absolute Gasteiger partial charge is 0.456 e. The number of hydrogen-bond acceptors (Lipinski definition) is 6. The monoisotopic (exact) mass is 429 g/mol. The summed E-state index contributed by atoms with van der Waals surface area (Å²) in [7, 11) is 0. The lowest BCUT2D eigenvalue weighted by Gasteiger charge is -2.19. The Hall–Kier alpha value is -2.87. The Balaban J connectivity index is 1.34. The second-order valence-corrected chi connectivity index (χ2v) is 8.05. The van der Waals surface area contributed by atoms with Gasteiger partial charge in [0.15, 0.2) is 6.61 Å². The Labute approximate surface area is 180 Å². The maximum Gasteiger partial charge on any atom is 0.306 e. The van der Waals surface area contributed by atoms with Gasteiger partial charge in [-0.3, -0.25) is 14.4 Å². The molecule has 0 bridgehead atoms. The molecule has 30 heavy (non-hydrogen) atoms. The number of hydrogen-bond donors (Lipinski definition) is 2. The number of nitrogens with one attached hydrogen (secondary N) is 2. The summed E-state index contributed by atoms with van der Waals surface area (Å²) in [6.07, 6.45) is 3.02. The van der Waals surface area contributed by atoms with Crippen molar-refractivity contribution in [1.29, 1.82) is 0 Å². The number of esters is 1. The second kappa shape index (κ2) is 10.8. The Morgan fingerprint density at radius 3 is 2.67 bits per heavy atom. The highest BCUT2D eigenvalue weighted by Gasteiger charge is 2.14. The molecular formula is C22H27N3O4S. The van der Waals surface area contributed by atoms with Crippen molar-refractivity contribution in [1.82, 2.24) is 5.32 Å². The van der Waals surface area contributed by atoms with Gasteiger partial charge in [-0.2, -0.15) is 11.3 Å². The third-order valence-corrected chi connectivity index (χ3v) is 5.63. The van der Waals surface area contributed by atoms with Gasteiger partial charge >= 0.3 is 5.97 Å². The first-order valence-electron chi connectivity index (χ1n) is 10.1. The lowest BCUT2D eigenvalue weighted by atomic mass is 10.1. The van der Waals surface area contributed by atoms with E-state index in [1.165, 1.54) is 29.9 Å². The molecule has 7 nitrogen and oxygen atoms in total. The van der Waals surface area contributed by atoms with Crippen LogP contribution in [0.2, 0.25) is 0 Å². The molecule has 1 aliphatic rings. The van der Waals surface area contributed by atoms with Crippen LogP contribution in [0, 0.1) is 6.92 Å². The zero-order chi connectivity index (χ0) is 21.3. The highest BCUT2D eigenvalue weighted by molar-refractivity contribution is 7.08. The van der Waals surface area contributed by atoms with Crippen LogP contribution in [0.5, 0.6) is 0 Å². The lowest BCUT2D eigenvalue weighted by molar-refractivity contribution is -0.147. The van der Waals surface area contributed by atoms with Crippen LogP contribution in [0.4, 0.5) is 11.4 Å². The topological polar surface area (TPSA) is 87.7 Å². The van der Waals surface area contributed by atoms with E-state index < -0.39 is 5.97 Å². The third kappa shape index (κ3) is 6.32. The maximum atomic E-state index is 12.1. The maximum absolute atomic E-state index is 12.1. The number of amides is 2. The predicted octanol–water partition coefficient (Wildman–Crippen LogP) is 3.35. The molecule has 2 aromatic rings. The van der Waals surface area contributed by atoms with Crippen molar-refractivity contribution in [2.45, 2.75) is 32.6 Å². The quantitative estimate of drug-likeness (QED) is 0.471. The van der Waals surface area contributed by atoms with E-state index in [1.54, 1.807) is 11.4 Å². The summed E-state index contributed by atoms with van der Waals surface area (Å²) in [5, 5.41) is 9.14. The molecule has 0 aliphatic carbocycles. The number of ether oxygens (including phenoxy) is 1. The van der Waals surface area contributed by atoms with Crippen molar-refractivity contribution in [2.24, 2.45) is 0 Å². The van der Waals surface area contributed by atoms with Crippen LogP contribution in [-0.4, -0.2) is 44.0 Å². The van der Waals surface area contributed by atoms with Crippen molar-refractivity contribution in [3.63, 3.8) is 0 Å². The van der Waals surface area contributed by atoms with Gasteiger partial charge in [-0.25, -0.2) is 0 Å². The second-order valence-electron chi connectivity index (χ2n) is 7.27. The minimum absolute atomic E-state index is 0.140. The third-order valence-electron chi connectivity index (χ3n) is 4.95. The van der Waals surface area contributed by atoms with E-state index in [1.807, 2.05) is 24.4 Å². The van der Waals surface area contributed by atoms with Crippen LogP contribution >= 0.6 is 11.3 Å². The van der Waals surface area contributed by atoms with E-state index in [0.717, 1.165) is 24.3 Å². The minimum atomic E-state index is -0.462. The van der Waals surface area contributed by atoms with Gasteiger partial charge in [-0.1, -0.05) is 0 Å². The van der Waals surface area contributed by atoms with Crippen molar-refractivity contribution < 1.29 is 19.1 Å². The first-order valence-corrected chi connectivity index (χ1v) is 11.1. The molecule has 2 amide bonds. The number of rotatable bonds is 9. The van der Waals surface area contributed by atoms with Gasteiger partial charge < -0.3 is 20.3 Å². The lowest BCUT2D eigenvalue weighted by Crippen LogP contribution is -2.25. The van der Waals surface area contributed by atoms with Crippen molar-refractivity contribution >= 4 is 40.5 Å². The van der Waals surface area contributed by atoms with Gasteiger partial charge in [-0.05, 0) is 61.4 Å². The number of thiophene rings is 1. The molecule has 1 saturated heterocycles. The fourth-order valence-corrected chi connectivity index (χ4v) is 3.93. The minimum Gasteiger partial charge on any atom is -0.456 e. The summed E-state index contributed by atoms with van der Waals surface area (Å²) in [5.41, 5.74) is 3.47. The SMILES string of the molecule is Cc1cc(N2CCCC2)ccc1NC(=O)COC(=O)CCCNC(=O)c1ccsc1. The molecule has 0 saturated carbocycles. The molecular weight excluding hydrogens is 402 g/mol. The smallest absolute Gasteiger partial charge is 0.306 e. The molecule has 1 aromatic carbocycles. The Bertz CT molecular complexity index is 877. The van der Waals surface area contributed by atoms with Crippen LogP contribution in [0.1, 0.15) is 41.6 Å². The predicted molar refractivity (Wildman–Crippen MR) is 118 cm³/mol. The zero-order valence-electron chi connectivity index (χ0n) is 17.1. The highest BCUT2D eigenvalue weighted by atomic mass is 32.1. The molecule has 160 valence electrons. The zero-order valence-corrected chi connectivity index (χ0v) is 17.9. The number of anilines is 2. The van der Waals surface area contributed by atoms with Crippen LogP contribution in [0.15, 0.2) is 35.0 Å². The number of benzene rings is 1. The normalized spacial score (nSPS) is 13.2. The fraction of sp³-hybridized carbons (Fsp3) is 0.409. The van der Waals surface area contributed by atoms with E-state index in [2.05, 4.69) is 21.6 Å². The first kappa shape index (κ1) is 21.8. The van der Waals surface area contributed by atoms with E-state index >= 15 is 0 Å². The number of nitrogens with zero attached hydrogens (tertiary/aromatic N) is 1. The summed E-state index contributed by atoms with van der Waals surface area (Å²) >= 11 is 1.45. The molecule has 1 fully saturated rings. The molecule has 2 N–H and O–H groups in total. The van der Waals surface area contributed by atoms with Gasteiger partial charge in [0.25, 0.3) is 11.8 Å². The Kier molecular flexibility index (Phi) is 7.84. The van der Waals surface area contributed by atoms with E-state index in [0.29, 0.717) is 18.5 Å². The molecule has 8 heteroatoms. The summed E-state index contributed by atoms with van der Waals surface area (Å²) in [4.78, 5) is 38.0. The summed E-state index contributed by atoms with van der Waals surface area (Å²) in [5.74, 6) is -0.989. The molecule has 0 atom stereocenters. The van der Waals surface area contributed by atoms with Crippen LogP contribution in [-0.2, 0) is 14.3 Å². The summed E-state index contributed by atoms with van der Waals surface area (Å²) in [6.45, 7) is 4.13. The van der Waals surface area contributed by atoms with Gasteiger partial charge in [0, 0.05) is 48.4 Å². The van der Waals surface area contributed by atoms with E-state index in [9.17, 15) is 14.4 Å². The van der Waals surface area contributed by atoms with E-state index in [4.69, 9.17) is 4.74 Å². The van der Waals surface area contributed by atoms with E-state index in [-0.39, 0.29) is 24.8 Å². The average molecular weight is 430 g/mol. The fourth-order valence-electron chi connectivity index (χ4n) is 3.29. The van der Waals surface area contributed by atoms with Crippen LogP contribution in [0.3, 0.4) is 0 Å². The molecule has 0 radical (unpaired) electrons.